The summed E-state index contributed by atoms with van der Waals surface area (Å²) >= 11 is 9.46. The third kappa shape index (κ3) is 2.82. The molecule has 0 amide bonds. The summed E-state index contributed by atoms with van der Waals surface area (Å²) in [5, 5.41) is 0.0405. The highest BCUT2D eigenvalue weighted by molar-refractivity contribution is 9.10. The van der Waals surface area contributed by atoms with Crippen LogP contribution in [-0.4, -0.2) is 7.11 Å². The summed E-state index contributed by atoms with van der Waals surface area (Å²) in [7, 11) is 1.58. The molecule has 2 aromatic rings. The lowest BCUT2D eigenvalue weighted by atomic mass is 9.97. The molecule has 106 valence electrons. The van der Waals surface area contributed by atoms with E-state index < -0.39 is 11.9 Å². The Bertz CT molecular complexity index is 648. The van der Waals surface area contributed by atoms with Gasteiger partial charge in [0, 0.05) is 10.0 Å². The highest BCUT2D eigenvalue weighted by Gasteiger charge is 2.19. The minimum Gasteiger partial charge on any atom is -0.496 e. The summed E-state index contributed by atoms with van der Waals surface area (Å²) in [5.41, 5.74) is 8.54. The standard InChI is InChI=1S/C15H14BrClFNO/c1-8-6-13(20-2)10(7-11(8)16)15(19)9-4-3-5-12(18)14(9)17/h3-7,15H,19H2,1-2H3. The summed E-state index contributed by atoms with van der Waals surface area (Å²) < 4.78 is 19.8. The maximum atomic E-state index is 13.6. The first kappa shape index (κ1) is 15.3. The minimum atomic E-state index is -0.565. The van der Waals surface area contributed by atoms with Gasteiger partial charge >= 0.3 is 0 Å². The number of hydrogen-bond donors (Lipinski definition) is 1. The second-order valence-electron chi connectivity index (χ2n) is 4.46. The van der Waals surface area contributed by atoms with E-state index >= 15 is 0 Å². The number of rotatable bonds is 3. The minimum absolute atomic E-state index is 0.0405. The lowest BCUT2D eigenvalue weighted by molar-refractivity contribution is 0.407. The molecule has 0 aliphatic heterocycles. The van der Waals surface area contributed by atoms with Crippen molar-refractivity contribution in [3.05, 3.63) is 62.3 Å². The van der Waals surface area contributed by atoms with E-state index in [4.69, 9.17) is 22.1 Å². The van der Waals surface area contributed by atoms with Crippen molar-refractivity contribution in [2.75, 3.05) is 7.11 Å². The van der Waals surface area contributed by atoms with Gasteiger partial charge in [0.1, 0.15) is 11.6 Å². The van der Waals surface area contributed by atoms with Crippen LogP contribution in [0.5, 0.6) is 5.75 Å². The van der Waals surface area contributed by atoms with E-state index in [2.05, 4.69) is 15.9 Å². The summed E-state index contributed by atoms with van der Waals surface area (Å²) in [6.07, 6.45) is 0. The molecule has 0 saturated carbocycles. The molecule has 0 aliphatic carbocycles. The zero-order valence-corrected chi connectivity index (χ0v) is 13.4. The number of methoxy groups -OCH3 is 1. The molecular formula is C15H14BrClFNO. The maximum absolute atomic E-state index is 13.6. The van der Waals surface area contributed by atoms with Gasteiger partial charge in [0.05, 0.1) is 18.2 Å². The molecule has 0 heterocycles. The Balaban J connectivity index is 2.55. The highest BCUT2D eigenvalue weighted by atomic mass is 79.9. The smallest absolute Gasteiger partial charge is 0.142 e. The molecule has 0 saturated heterocycles. The van der Waals surface area contributed by atoms with Crippen LogP contribution in [0.15, 0.2) is 34.8 Å². The zero-order chi connectivity index (χ0) is 14.9. The third-order valence-electron chi connectivity index (χ3n) is 3.16. The van der Waals surface area contributed by atoms with Gasteiger partial charge in [0.2, 0.25) is 0 Å². The van der Waals surface area contributed by atoms with Crippen molar-refractivity contribution < 1.29 is 9.13 Å². The van der Waals surface area contributed by atoms with Crippen molar-refractivity contribution in [2.24, 2.45) is 5.73 Å². The predicted molar refractivity (Wildman–Crippen MR) is 82.9 cm³/mol. The number of ether oxygens (including phenoxy) is 1. The van der Waals surface area contributed by atoms with Crippen molar-refractivity contribution in [2.45, 2.75) is 13.0 Å². The van der Waals surface area contributed by atoms with Crippen LogP contribution < -0.4 is 10.5 Å². The van der Waals surface area contributed by atoms with Crippen LogP contribution in [0.25, 0.3) is 0 Å². The molecular weight excluding hydrogens is 345 g/mol. The topological polar surface area (TPSA) is 35.2 Å². The van der Waals surface area contributed by atoms with Crippen LogP contribution in [-0.2, 0) is 0 Å². The SMILES string of the molecule is COc1cc(C)c(Br)cc1C(N)c1cccc(F)c1Cl. The zero-order valence-electron chi connectivity index (χ0n) is 11.1. The second kappa shape index (κ2) is 6.12. The molecule has 0 aliphatic rings. The fraction of sp³-hybridized carbons (Fsp3) is 0.200. The van der Waals surface area contributed by atoms with E-state index in [0.29, 0.717) is 11.3 Å². The second-order valence-corrected chi connectivity index (χ2v) is 5.70. The number of hydrogen-bond acceptors (Lipinski definition) is 2. The molecule has 2 nitrogen and oxygen atoms in total. The first-order valence-electron chi connectivity index (χ1n) is 5.99. The molecule has 5 heteroatoms. The lowest BCUT2D eigenvalue weighted by Crippen LogP contribution is -2.14. The molecule has 0 spiro atoms. The lowest BCUT2D eigenvalue weighted by Gasteiger charge is -2.19. The van der Waals surface area contributed by atoms with Gasteiger partial charge in [-0.05, 0) is 36.2 Å². The molecule has 20 heavy (non-hydrogen) atoms. The summed E-state index contributed by atoms with van der Waals surface area (Å²) in [6.45, 7) is 1.96. The van der Waals surface area contributed by atoms with Crippen LogP contribution in [0.4, 0.5) is 4.39 Å². The van der Waals surface area contributed by atoms with Crippen molar-refractivity contribution in [1.29, 1.82) is 0 Å². The van der Waals surface area contributed by atoms with Gasteiger partial charge in [-0.2, -0.15) is 0 Å². The van der Waals surface area contributed by atoms with E-state index in [-0.39, 0.29) is 5.02 Å². The molecule has 1 atom stereocenters. The average molecular weight is 359 g/mol. The van der Waals surface area contributed by atoms with Crippen LogP contribution in [0.2, 0.25) is 5.02 Å². The van der Waals surface area contributed by atoms with E-state index in [1.54, 1.807) is 19.2 Å². The van der Waals surface area contributed by atoms with Crippen molar-refractivity contribution in [3.63, 3.8) is 0 Å². The van der Waals surface area contributed by atoms with Crippen LogP contribution in [0.3, 0.4) is 0 Å². The first-order chi connectivity index (χ1) is 9.45. The monoisotopic (exact) mass is 357 g/mol. The van der Waals surface area contributed by atoms with Gasteiger partial charge in [-0.3, -0.25) is 0 Å². The highest BCUT2D eigenvalue weighted by Crippen LogP contribution is 2.36. The quantitative estimate of drug-likeness (QED) is 0.870. The van der Waals surface area contributed by atoms with Gasteiger partial charge in [0.15, 0.2) is 0 Å². The van der Waals surface area contributed by atoms with Gasteiger partial charge in [-0.15, -0.1) is 0 Å². The molecule has 0 bridgehead atoms. The Hall–Kier alpha value is -1.10. The fourth-order valence-electron chi connectivity index (χ4n) is 2.02. The number of aryl methyl sites for hydroxylation is 1. The Morgan fingerprint density at radius 3 is 2.65 bits per heavy atom. The van der Waals surface area contributed by atoms with Gasteiger partial charge in [0.25, 0.3) is 0 Å². The largest absolute Gasteiger partial charge is 0.496 e. The van der Waals surface area contributed by atoms with Crippen molar-refractivity contribution in [1.82, 2.24) is 0 Å². The molecule has 2 aromatic carbocycles. The maximum Gasteiger partial charge on any atom is 0.142 e. The van der Waals surface area contributed by atoms with Gasteiger partial charge < -0.3 is 10.5 Å². The van der Waals surface area contributed by atoms with E-state index in [1.807, 2.05) is 19.1 Å². The Labute approximate surface area is 130 Å². The normalized spacial score (nSPS) is 12.3. The summed E-state index contributed by atoms with van der Waals surface area (Å²) in [4.78, 5) is 0. The fourth-order valence-corrected chi connectivity index (χ4v) is 2.62. The molecule has 0 radical (unpaired) electrons. The molecule has 0 aromatic heterocycles. The predicted octanol–water partition coefficient (Wildman–Crippen LogP) is 4.61. The summed E-state index contributed by atoms with van der Waals surface area (Å²) in [6, 6.07) is 7.80. The van der Waals surface area contributed by atoms with Crippen LogP contribution in [0, 0.1) is 12.7 Å². The third-order valence-corrected chi connectivity index (χ3v) is 4.42. The molecule has 0 fully saturated rings. The van der Waals surface area contributed by atoms with E-state index in [0.717, 1.165) is 15.6 Å². The van der Waals surface area contributed by atoms with Crippen LogP contribution >= 0.6 is 27.5 Å². The van der Waals surface area contributed by atoms with Gasteiger partial charge in [-0.1, -0.05) is 39.7 Å². The average Bonchev–Trinajstić information content (AvgIpc) is 2.43. The van der Waals surface area contributed by atoms with E-state index in [9.17, 15) is 4.39 Å². The van der Waals surface area contributed by atoms with Gasteiger partial charge in [-0.25, -0.2) is 4.39 Å². The summed E-state index contributed by atoms with van der Waals surface area (Å²) in [5.74, 6) is 0.170. The number of benzene rings is 2. The molecule has 2 N–H and O–H groups in total. The Morgan fingerprint density at radius 1 is 1.30 bits per heavy atom. The Kier molecular flexibility index (Phi) is 4.68. The molecule has 1 unspecified atom stereocenters. The first-order valence-corrected chi connectivity index (χ1v) is 7.16. The molecule has 2 rings (SSSR count). The van der Waals surface area contributed by atoms with Crippen molar-refractivity contribution in [3.8, 4) is 5.75 Å². The Morgan fingerprint density at radius 2 is 2.00 bits per heavy atom. The number of halogens is 3. The number of nitrogens with two attached hydrogens (primary N) is 1. The van der Waals surface area contributed by atoms with E-state index in [1.165, 1.54) is 6.07 Å². The van der Waals surface area contributed by atoms with Crippen molar-refractivity contribution >= 4 is 27.5 Å². The van der Waals surface area contributed by atoms with Crippen LogP contribution in [0.1, 0.15) is 22.7 Å².